The molecule has 94 valence electrons. The molecule has 1 heterocycles. The molecule has 0 amide bonds. The lowest BCUT2D eigenvalue weighted by Crippen LogP contribution is -2.05. The molecule has 0 spiro atoms. The molecule has 2 rings (SSSR count). The predicted molar refractivity (Wildman–Crippen MR) is 67.1 cm³/mol. The fourth-order valence-electron chi connectivity index (χ4n) is 1.28. The third kappa shape index (κ3) is 3.07. The number of hydrogen-bond acceptors (Lipinski definition) is 6. The standard InChI is InChI=1S/C12H14N4O2/c1-3-17-11-14-10(13-2)15-12(16-11)18-9-7-5-4-6-8-9/h4-8H,3H2,1-2H3,(H,13,14,15,16). The monoisotopic (exact) mass is 246 g/mol. The second-order valence-corrected chi connectivity index (χ2v) is 3.32. The van der Waals surface area contributed by atoms with E-state index in [-0.39, 0.29) is 12.0 Å². The molecule has 0 atom stereocenters. The minimum absolute atomic E-state index is 0.198. The summed E-state index contributed by atoms with van der Waals surface area (Å²) in [5, 5.41) is 2.83. The van der Waals surface area contributed by atoms with Gasteiger partial charge in [0.2, 0.25) is 5.95 Å². The second-order valence-electron chi connectivity index (χ2n) is 3.32. The number of ether oxygens (including phenoxy) is 2. The maximum Gasteiger partial charge on any atom is 0.330 e. The highest BCUT2D eigenvalue weighted by Crippen LogP contribution is 2.19. The number of anilines is 1. The van der Waals surface area contributed by atoms with Crippen molar-refractivity contribution in [2.24, 2.45) is 0 Å². The Bertz CT molecular complexity index is 505. The van der Waals surface area contributed by atoms with Crippen molar-refractivity contribution < 1.29 is 9.47 Å². The van der Waals surface area contributed by atoms with Crippen molar-refractivity contribution >= 4 is 5.95 Å². The molecule has 6 nitrogen and oxygen atoms in total. The van der Waals surface area contributed by atoms with Crippen LogP contribution in [0.3, 0.4) is 0 Å². The van der Waals surface area contributed by atoms with Crippen molar-refractivity contribution in [3.63, 3.8) is 0 Å². The fourth-order valence-corrected chi connectivity index (χ4v) is 1.28. The first-order valence-electron chi connectivity index (χ1n) is 5.61. The number of nitrogens with zero attached hydrogens (tertiary/aromatic N) is 3. The lowest BCUT2D eigenvalue weighted by atomic mass is 10.3. The molecule has 18 heavy (non-hydrogen) atoms. The van der Waals surface area contributed by atoms with Crippen LogP contribution in [-0.4, -0.2) is 28.6 Å². The summed E-state index contributed by atoms with van der Waals surface area (Å²) in [6.45, 7) is 2.35. The van der Waals surface area contributed by atoms with Crippen LogP contribution < -0.4 is 14.8 Å². The Morgan fingerprint density at radius 3 is 2.44 bits per heavy atom. The summed E-state index contributed by atoms with van der Waals surface area (Å²) in [6.07, 6.45) is 0. The Kier molecular flexibility index (Phi) is 3.90. The summed E-state index contributed by atoms with van der Waals surface area (Å²) in [6, 6.07) is 9.74. The van der Waals surface area contributed by atoms with Crippen LogP contribution in [0.4, 0.5) is 5.95 Å². The van der Waals surface area contributed by atoms with Crippen LogP contribution >= 0.6 is 0 Å². The van der Waals surface area contributed by atoms with Gasteiger partial charge in [0.1, 0.15) is 5.75 Å². The average molecular weight is 246 g/mol. The minimum atomic E-state index is 0.198. The smallest absolute Gasteiger partial charge is 0.330 e. The molecule has 0 saturated heterocycles. The van der Waals surface area contributed by atoms with Crippen molar-refractivity contribution in [2.45, 2.75) is 6.92 Å². The quantitative estimate of drug-likeness (QED) is 0.871. The Balaban J connectivity index is 2.24. The lowest BCUT2D eigenvalue weighted by molar-refractivity contribution is 0.304. The van der Waals surface area contributed by atoms with Gasteiger partial charge >= 0.3 is 12.0 Å². The van der Waals surface area contributed by atoms with E-state index in [9.17, 15) is 0 Å². The molecular formula is C12H14N4O2. The zero-order valence-electron chi connectivity index (χ0n) is 10.3. The zero-order valence-corrected chi connectivity index (χ0v) is 10.3. The number of rotatable bonds is 5. The van der Waals surface area contributed by atoms with E-state index in [2.05, 4.69) is 20.3 Å². The largest absolute Gasteiger partial charge is 0.464 e. The third-order valence-electron chi connectivity index (χ3n) is 2.04. The molecule has 0 fully saturated rings. The average Bonchev–Trinajstić information content (AvgIpc) is 2.40. The van der Waals surface area contributed by atoms with Gasteiger partial charge in [0, 0.05) is 7.05 Å². The van der Waals surface area contributed by atoms with Crippen molar-refractivity contribution in [1.29, 1.82) is 0 Å². The zero-order chi connectivity index (χ0) is 12.8. The molecule has 1 N–H and O–H groups in total. The lowest BCUT2D eigenvalue weighted by Gasteiger charge is -2.07. The highest BCUT2D eigenvalue weighted by Gasteiger charge is 2.08. The first-order valence-corrected chi connectivity index (χ1v) is 5.61. The summed E-state index contributed by atoms with van der Waals surface area (Å²) in [5.74, 6) is 1.06. The minimum Gasteiger partial charge on any atom is -0.464 e. The number of benzene rings is 1. The molecule has 0 aliphatic rings. The highest BCUT2D eigenvalue weighted by atomic mass is 16.5. The topological polar surface area (TPSA) is 69.2 Å². The Hall–Kier alpha value is -2.37. The van der Waals surface area contributed by atoms with Crippen molar-refractivity contribution in [1.82, 2.24) is 15.0 Å². The van der Waals surface area contributed by atoms with E-state index in [1.807, 2.05) is 37.3 Å². The van der Waals surface area contributed by atoms with Crippen molar-refractivity contribution in [3.8, 4) is 17.8 Å². The normalized spacial score (nSPS) is 9.89. The summed E-state index contributed by atoms with van der Waals surface area (Å²) in [5.41, 5.74) is 0. The molecular weight excluding hydrogens is 232 g/mol. The molecule has 6 heteroatoms. The Morgan fingerprint density at radius 2 is 1.78 bits per heavy atom. The van der Waals surface area contributed by atoms with Crippen LogP contribution in [0.25, 0.3) is 0 Å². The van der Waals surface area contributed by atoms with E-state index in [4.69, 9.17) is 9.47 Å². The number of aromatic nitrogens is 3. The van der Waals surface area contributed by atoms with Gasteiger partial charge in [-0.1, -0.05) is 18.2 Å². The molecule has 0 saturated carbocycles. The molecule has 1 aromatic carbocycles. The SMILES string of the molecule is CCOc1nc(NC)nc(Oc2ccccc2)n1. The summed E-state index contributed by atoms with van der Waals surface area (Å²) in [7, 11) is 1.72. The van der Waals surface area contributed by atoms with Gasteiger partial charge in [0.15, 0.2) is 0 Å². The Morgan fingerprint density at radius 1 is 1.06 bits per heavy atom. The third-order valence-corrected chi connectivity index (χ3v) is 2.04. The molecule has 0 aliphatic carbocycles. The van der Waals surface area contributed by atoms with E-state index < -0.39 is 0 Å². The van der Waals surface area contributed by atoms with Crippen LogP contribution in [-0.2, 0) is 0 Å². The van der Waals surface area contributed by atoms with Gasteiger partial charge in [-0.3, -0.25) is 0 Å². The molecule has 0 bridgehead atoms. The van der Waals surface area contributed by atoms with Gasteiger partial charge in [-0.2, -0.15) is 9.97 Å². The van der Waals surface area contributed by atoms with E-state index in [1.54, 1.807) is 7.05 Å². The maximum absolute atomic E-state index is 5.53. The maximum atomic E-state index is 5.53. The van der Waals surface area contributed by atoms with Gasteiger partial charge in [-0.05, 0) is 19.1 Å². The molecule has 2 aromatic rings. The van der Waals surface area contributed by atoms with Gasteiger partial charge in [0.05, 0.1) is 6.61 Å². The summed E-state index contributed by atoms with van der Waals surface area (Å²) in [4.78, 5) is 12.2. The summed E-state index contributed by atoms with van der Waals surface area (Å²) >= 11 is 0. The number of nitrogens with one attached hydrogen (secondary N) is 1. The fraction of sp³-hybridized carbons (Fsp3) is 0.250. The van der Waals surface area contributed by atoms with Gasteiger partial charge in [0.25, 0.3) is 0 Å². The van der Waals surface area contributed by atoms with Gasteiger partial charge in [-0.25, -0.2) is 0 Å². The predicted octanol–water partition coefficient (Wildman–Crippen LogP) is 2.10. The van der Waals surface area contributed by atoms with Gasteiger partial charge < -0.3 is 14.8 Å². The summed E-state index contributed by atoms with van der Waals surface area (Å²) < 4.78 is 10.8. The Labute approximate surface area is 105 Å². The van der Waals surface area contributed by atoms with Crippen molar-refractivity contribution in [3.05, 3.63) is 30.3 Å². The van der Waals surface area contributed by atoms with E-state index in [0.717, 1.165) is 0 Å². The van der Waals surface area contributed by atoms with E-state index in [1.165, 1.54) is 0 Å². The number of para-hydroxylation sites is 1. The first-order chi connectivity index (χ1) is 8.81. The highest BCUT2D eigenvalue weighted by molar-refractivity contribution is 5.29. The molecule has 0 unspecified atom stereocenters. The van der Waals surface area contributed by atoms with E-state index in [0.29, 0.717) is 18.3 Å². The number of hydrogen-bond donors (Lipinski definition) is 1. The van der Waals surface area contributed by atoms with E-state index >= 15 is 0 Å². The van der Waals surface area contributed by atoms with Crippen LogP contribution in [0.1, 0.15) is 6.92 Å². The van der Waals surface area contributed by atoms with Crippen LogP contribution in [0, 0.1) is 0 Å². The molecule has 0 radical (unpaired) electrons. The van der Waals surface area contributed by atoms with Gasteiger partial charge in [-0.15, -0.1) is 4.98 Å². The van der Waals surface area contributed by atoms with Crippen LogP contribution in [0.15, 0.2) is 30.3 Å². The molecule has 0 aliphatic heterocycles. The molecule has 1 aromatic heterocycles. The first kappa shape index (κ1) is 12.1. The van der Waals surface area contributed by atoms with Crippen LogP contribution in [0.2, 0.25) is 0 Å². The van der Waals surface area contributed by atoms with Crippen molar-refractivity contribution in [2.75, 3.05) is 19.0 Å². The van der Waals surface area contributed by atoms with Crippen LogP contribution in [0.5, 0.6) is 17.8 Å². The second kappa shape index (κ2) is 5.81.